The summed E-state index contributed by atoms with van der Waals surface area (Å²) in [6.07, 6.45) is 10.6. The normalized spacial score (nSPS) is 23.4. The number of aromatic nitrogens is 6. The molecular weight excluding hydrogens is 681 g/mol. The van der Waals surface area contributed by atoms with Crippen LogP contribution in [0.15, 0.2) is 94.8 Å². The Labute approximate surface area is 299 Å². The fourth-order valence-electron chi connectivity index (χ4n) is 6.74. The largest absolute Gasteiger partial charge is 0.491 e. The van der Waals surface area contributed by atoms with Crippen molar-refractivity contribution in [2.24, 2.45) is 0 Å². The summed E-state index contributed by atoms with van der Waals surface area (Å²) < 4.78 is 21.6. The molecule has 4 aromatic rings. The second kappa shape index (κ2) is 14.6. The zero-order valence-corrected chi connectivity index (χ0v) is 29.4. The smallest absolute Gasteiger partial charge is 0.351 e. The molecule has 2 aliphatic heterocycles. The monoisotopic (exact) mass is 719 g/mol. The summed E-state index contributed by atoms with van der Waals surface area (Å²) >= 11 is 12.9. The molecule has 0 saturated carbocycles. The van der Waals surface area contributed by atoms with Gasteiger partial charge in [-0.2, -0.15) is 24.8 Å². The molecule has 262 valence electrons. The summed E-state index contributed by atoms with van der Waals surface area (Å²) in [5, 5.41) is 13.0. The van der Waals surface area contributed by atoms with Gasteiger partial charge in [0.15, 0.2) is 5.78 Å². The first-order valence-electron chi connectivity index (χ1n) is 16.8. The van der Waals surface area contributed by atoms with Crippen LogP contribution in [0.2, 0.25) is 0 Å². The van der Waals surface area contributed by atoms with E-state index in [9.17, 15) is 9.59 Å². The zero-order chi connectivity index (χ0) is 34.8. The molecule has 0 spiro atoms. The molecule has 12 nitrogen and oxygen atoms in total. The van der Waals surface area contributed by atoms with E-state index in [-0.39, 0.29) is 29.5 Å². The van der Waals surface area contributed by atoms with Gasteiger partial charge < -0.3 is 19.1 Å². The molecule has 50 heavy (non-hydrogen) atoms. The molecule has 0 radical (unpaired) electrons. The van der Waals surface area contributed by atoms with E-state index in [2.05, 4.69) is 32.3 Å². The predicted octanol–water partition coefficient (Wildman–Crippen LogP) is 5.41. The van der Waals surface area contributed by atoms with Gasteiger partial charge >= 0.3 is 5.69 Å². The third kappa shape index (κ3) is 7.16. The third-order valence-corrected chi connectivity index (χ3v) is 10.4. The topological polar surface area (TPSA) is 119 Å². The van der Waals surface area contributed by atoms with E-state index in [0.29, 0.717) is 36.3 Å². The fourth-order valence-corrected chi connectivity index (χ4v) is 7.44. The number of Topliss-reactive ketones (excluding diaryl/α,β-unsaturated/α-hetero) is 1. The maximum atomic E-state index is 12.8. The molecule has 0 N–H and O–H groups in total. The molecule has 1 aliphatic carbocycles. The van der Waals surface area contributed by atoms with Crippen LogP contribution in [0.25, 0.3) is 5.69 Å². The number of anilines is 1. The van der Waals surface area contributed by atoms with Crippen molar-refractivity contribution in [3.8, 4) is 11.4 Å². The van der Waals surface area contributed by atoms with Gasteiger partial charge in [-0.1, -0.05) is 29.8 Å². The van der Waals surface area contributed by atoms with Crippen molar-refractivity contribution in [3.63, 3.8) is 0 Å². The van der Waals surface area contributed by atoms with Crippen molar-refractivity contribution in [2.75, 3.05) is 31.2 Å². The van der Waals surface area contributed by atoms with Gasteiger partial charge in [0.1, 0.15) is 31.3 Å². The van der Waals surface area contributed by atoms with Crippen LogP contribution >= 0.6 is 23.2 Å². The van der Waals surface area contributed by atoms with Crippen LogP contribution in [-0.4, -0.2) is 78.7 Å². The number of piperidine rings is 1. The molecule has 3 aliphatic rings. The summed E-state index contributed by atoms with van der Waals surface area (Å²) in [5.74, 6) is 0.00471. The van der Waals surface area contributed by atoms with Crippen LogP contribution in [0.4, 0.5) is 5.69 Å². The Balaban J connectivity index is 0.920. The van der Waals surface area contributed by atoms with Crippen LogP contribution in [0, 0.1) is 0 Å². The van der Waals surface area contributed by atoms with Gasteiger partial charge in [0.25, 0.3) is 0 Å². The number of carbonyl (C=O) groups excluding carboxylic acids is 1. The summed E-state index contributed by atoms with van der Waals surface area (Å²) in [6.45, 7) is 5.91. The lowest BCUT2D eigenvalue weighted by atomic mass is 9.89. The van der Waals surface area contributed by atoms with Gasteiger partial charge in [0.05, 0.1) is 36.1 Å². The lowest BCUT2D eigenvalue weighted by Gasteiger charge is -2.34. The first kappa shape index (κ1) is 34.2. The van der Waals surface area contributed by atoms with Gasteiger partial charge in [-0.05, 0) is 80.6 Å². The molecule has 0 bridgehead atoms. The van der Waals surface area contributed by atoms with E-state index in [4.69, 9.17) is 37.4 Å². The van der Waals surface area contributed by atoms with Crippen LogP contribution in [-0.2, 0) is 20.8 Å². The molecule has 4 heterocycles. The number of benzene rings is 2. The van der Waals surface area contributed by atoms with E-state index < -0.39 is 11.8 Å². The highest BCUT2D eigenvalue weighted by Gasteiger charge is 2.48. The third-order valence-electron chi connectivity index (χ3n) is 9.71. The molecule has 2 saturated heterocycles. The second-order valence-electron chi connectivity index (χ2n) is 12.9. The molecule has 2 aromatic carbocycles. The molecule has 7 rings (SSSR count). The number of allylic oxidation sites excluding steroid dienone is 3. The highest BCUT2D eigenvalue weighted by atomic mass is 35.5. The van der Waals surface area contributed by atoms with Crippen molar-refractivity contribution in [3.05, 3.63) is 106 Å². The Morgan fingerprint density at radius 3 is 2.40 bits per heavy atom. The van der Waals surface area contributed by atoms with E-state index in [0.717, 1.165) is 42.9 Å². The lowest BCUT2D eigenvalue weighted by molar-refractivity contribution is -0.155. The van der Waals surface area contributed by atoms with Gasteiger partial charge in [-0.3, -0.25) is 9.36 Å². The number of ketones is 1. The van der Waals surface area contributed by atoms with Crippen molar-refractivity contribution >= 4 is 34.7 Å². The number of hydrogen-bond donors (Lipinski definition) is 0. The summed E-state index contributed by atoms with van der Waals surface area (Å²) in [7, 11) is 0. The maximum absolute atomic E-state index is 12.8. The predicted molar refractivity (Wildman–Crippen MR) is 189 cm³/mol. The summed E-state index contributed by atoms with van der Waals surface area (Å²) in [4.78, 5) is 28.4. The van der Waals surface area contributed by atoms with Gasteiger partial charge in [0.2, 0.25) is 5.79 Å². The van der Waals surface area contributed by atoms with E-state index >= 15 is 0 Å². The van der Waals surface area contributed by atoms with Crippen molar-refractivity contribution in [1.29, 1.82) is 0 Å². The van der Waals surface area contributed by atoms with Gasteiger partial charge in [-0.15, -0.1) is 11.6 Å². The molecule has 14 heteroatoms. The number of alkyl halides is 1. The van der Waals surface area contributed by atoms with Crippen LogP contribution in [0.1, 0.15) is 50.6 Å². The molecule has 2 unspecified atom stereocenters. The average molecular weight is 721 g/mol. The summed E-state index contributed by atoms with van der Waals surface area (Å²) in [5.41, 5.74) is 3.51. The quantitative estimate of drug-likeness (QED) is 0.188. The number of carbonyl (C=O) groups is 1. The average Bonchev–Trinajstić information content (AvgIpc) is 3.88. The minimum absolute atomic E-state index is 0.0916. The molecule has 2 fully saturated rings. The molecule has 0 amide bonds. The Hall–Kier alpha value is -4.23. The fraction of sp³-hybridized carbons (Fsp3) is 0.417. The Morgan fingerprint density at radius 2 is 1.72 bits per heavy atom. The number of rotatable bonds is 11. The highest BCUT2D eigenvalue weighted by Crippen LogP contribution is 2.40. The van der Waals surface area contributed by atoms with E-state index in [1.807, 2.05) is 48.6 Å². The summed E-state index contributed by atoms with van der Waals surface area (Å²) in [6, 6.07) is 15.6. The minimum atomic E-state index is -1.12. The lowest BCUT2D eigenvalue weighted by Crippen LogP contribution is -2.43. The number of nitrogens with zero attached hydrogens (tertiary/aromatic N) is 7. The standard InChI is InChI=1S/C36H39Cl2N7O5/c1-24(25(2)46)43-23-41-45(35(43)47)30-8-6-29(7-9-30)42-17-13-27(14-18-42)26-3-10-31(11-4-26)48-20-32-21-49-36(50-32,22-44-39-15-16-40-44)33-12-5-28(37)19-34(33)38/h3-12,15-16,23-24,27,32,34H,13-14,17-22H2,1-2H3/t24?,32-,34?,36-/m1/s1. The maximum Gasteiger partial charge on any atom is 0.351 e. The minimum Gasteiger partial charge on any atom is -0.491 e. The zero-order valence-electron chi connectivity index (χ0n) is 27.9. The number of hydrogen-bond acceptors (Lipinski definition) is 9. The SMILES string of the molecule is CC(=O)C(C)n1cnn(-c2ccc(N3CCC(c4ccc(OC[C@@H]5CO[C@@](Cn6nccn6)(C6=CC=C(Cl)CC6Cl)O5)cc4)CC3)cc2)c1=O. The van der Waals surface area contributed by atoms with E-state index in [1.54, 1.807) is 19.3 Å². The van der Waals surface area contributed by atoms with Crippen LogP contribution in [0.3, 0.4) is 0 Å². The number of halogens is 2. The molecule has 4 atom stereocenters. The van der Waals surface area contributed by atoms with Crippen molar-refractivity contribution in [2.45, 2.75) is 68.9 Å². The Bertz CT molecular complexity index is 1910. The second-order valence-corrected chi connectivity index (χ2v) is 14.0. The van der Waals surface area contributed by atoms with Gasteiger partial charge in [0, 0.05) is 35.8 Å². The van der Waals surface area contributed by atoms with Gasteiger partial charge in [-0.25, -0.2) is 4.79 Å². The van der Waals surface area contributed by atoms with Crippen molar-refractivity contribution < 1.29 is 19.0 Å². The highest BCUT2D eigenvalue weighted by molar-refractivity contribution is 6.31. The van der Waals surface area contributed by atoms with Crippen molar-refractivity contribution in [1.82, 2.24) is 29.3 Å². The first-order valence-corrected chi connectivity index (χ1v) is 17.6. The first-order chi connectivity index (χ1) is 24.2. The molecule has 2 aromatic heterocycles. The molecular formula is C36H39Cl2N7O5. The van der Waals surface area contributed by atoms with E-state index in [1.165, 1.54) is 32.9 Å². The Kier molecular flexibility index (Phi) is 9.96. The Morgan fingerprint density at radius 1 is 1.02 bits per heavy atom. The van der Waals surface area contributed by atoms with Crippen LogP contribution in [0.5, 0.6) is 5.75 Å². The van der Waals surface area contributed by atoms with Crippen LogP contribution < -0.4 is 15.3 Å². The number of ether oxygens (including phenoxy) is 3.